The van der Waals surface area contributed by atoms with Crippen LogP contribution in [0.5, 0.6) is 5.75 Å². The number of aromatic nitrogens is 1. The largest absolute Gasteiger partial charge is 0.496 e. The van der Waals surface area contributed by atoms with E-state index in [9.17, 15) is 18.4 Å². The summed E-state index contributed by atoms with van der Waals surface area (Å²) in [5.74, 6) is 1.02. The van der Waals surface area contributed by atoms with E-state index in [-0.39, 0.29) is 23.2 Å². The first kappa shape index (κ1) is 37.2. The molecule has 4 unspecified atom stereocenters. The molecule has 2 aromatic carbocycles. The van der Waals surface area contributed by atoms with E-state index in [2.05, 4.69) is 43.0 Å². The molecule has 0 saturated carbocycles. The normalized spacial score (nSPS) is 13.3. The summed E-state index contributed by atoms with van der Waals surface area (Å²) in [4.78, 5) is 30.5. The van der Waals surface area contributed by atoms with Crippen molar-refractivity contribution in [3.8, 4) is 5.75 Å². The molecule has 2 N–H and O–H groups in total. The average molecular weight is 650 g/mol. The Morgan fingerprint density at radius 3 is 2.39 bits per heavy atom. The highest BCUT2D eigenvalue weighted by molar-refractivity contribution is 7.19. The van der Waals surface area contributed by atoms with Gasteiger partial charge in [-0.05, 0) is 68.4 Å². The number of anilines is 1. The van der Waals surface area contributed by atoms with Gasteiger partial charge in [-0.1, -0.05) is 61.6 Å². The molecule has 0 aliphatic rings. The molecule has 242 valence electrons. The number of halogens is 2. The number of nitrogens with zero attached hydrogens (tertiary/aromatic N) is 1. The Kier molecular flexibility index (Phi) is 14.8. The van der Waals surface area contributed by atoms with Crippen LogP contribution in [-0.4, -0.2) is 49.3 Å². The maximum atomic E-state index is 13.4. The Morgan fingerprint density at radius 1 is 1.09 bits per heavy atom. The molecule has 0 radical (unpaired) electrons. The van der Waals surface area contributed by atoms with Gasteiger partial charge in [0.2, 0.25) is 0 Å². The number of rotatable bonds is 14. The van der Waals surface area contributed by atoms with Crippen LogP contribution in [0.15, 0.2) is 48.6 Å². The van der Waals surface area contributed by atoms with Gasteiger partial charge in [-0.2, -0.15) is 8.78 Å². The van der Waals surface area contributed by atoms with Gasteiger partial charge in [0.15, 0.2) is 0 Å². The lowest BCUT2D eigenvalue weighted by Crippen LogP contribution is -2.34. The molecule has 0 aliphatic carbocycles. The zero-order valence-corrected chi connectivity index (χ0v) is 28.7. The number of amides is 2. The third kappa shape index (κ3) is 11.2. The second-order valence-electron chi connectivity index (χ2n) is 11.2. The van der Waals surface area contributed by atoms with E-state index in [1.807, 2.05) is 6.92 Å². The number of hydrogen-bond donors (Lipinski definition) is 2. The molecular formula is C33H46F2N3O4PS. The van der Waals surface area contributed by atoms with Crippen LogP contribution in [0.25, 0.3) is 10.2 Å². The number of aryl methyl sites for hydroxylation is 1. The maximum Gasteiger partial charge on any atom is 0.279 e. The highest BCUT2D eigenvalue weighted by Crippen LogP contribution is 2.34. The number of alkyl halides is 2. The molecule has 11 heteroatoms. The van der Waals surface area contributed by atoms with E-state index in [1.54, 1.807) is 50.4 Å². The lowest BCUT2D eigenvalue weighted by molar-refractivity contribution is 0.0934. The van der Waals surface area contributed by atoms with Crippen LogP contribution < -0.4 is 15.4 Å². The van der Waals surface area contributed by atoms with Gasteiger partial charge in [0.25, 0.3) is 17.5 Å². The fourth-order valence-electron chi connectivity index (χ4n) is 4.95. The number of ether oxygens (including phenoxy) is 2. The van der Waals surface area contributed by atoms with Crippen molar-refractivity contribution in [1.82, 2.24) is 10.3 Å². The second kappa shape index (κ2) is 17.5. The molecule has 3 rings (SSSR count). The number of benzene rings is 2. The van der Waals surface area contributed by atoms with Crippen LogP contribution in [0.2, 0.25) is 0 Å². The summed E-state index contributed by atoms with van der Waals surface area (Å²) in [6.45, 7) is 14.6. The van der Waals surface area contributed by atoms with Crippen LogP contribution in [0.1, 0.15) is 79.1 Å². The number of hydrogen-bond acceptors (Lipinski definition) is 6. The molecule has 7 nitrogen and oxygen atoms in total. The van der Waals surface area contributed by atoms with Crippen molar-refractivity contribution in [1.29, 1.82) is 0 Å². The van der Waals surface area contributed by atoms with Gasteiger partial charge in [0.05, 0.1) is 33.6 Å². The van der Waals surface area contributed by atoms with Crippen molar-refractivity contribution >= 4 is 48.3 Å². The summed E-state index contributed by atoms with van der Waals surface area (Å²) < 4.78 is 37.9. The van der Waals surface area contributed by atoms with Gasteiger partial charge in [-0.3, -0.25) is 9.59 Å². The monoisotopic (exact) mass is 649 g/mol. The van der Waals surface area contributed by atoms with Crippen LogP contribution in [0.3, 0.4) is 0 Å². The molecule has 0 aliphatic heterocycles. The molecule has 2 amide bonds. The molecule has 1 aromatic heterocycles. The Bertz CT molecular complexity index is 1400. The van der Waals surface area contributed by atoms with Gasteiger partial charge < -0.3 is 20.1 Å². The molecule has 44 heavy (non-hydrogen) atoms. The number of carbonyl (C=O) groups excluding carboxylic acids is 2. The second-order valence-corrected chi connectivity index (χ2v) is 13.1. The van der Waals surface area contributed by atoms with Crippen LogP contribution in [0, 0.1) is 18.8 Å². The van der Waals surface area contributed by atoms with Crippen LogP contribution >= 0.6 is 20.6 Å². The zero-order chi connectivity index (χ0) is 33.0. The number of fused-ring (bicyclic) bond motifs is 1. The Labute approximate surface area is 266 Å². The van der Waals surface area contributed by atoms with Crippen LogP contribution in [0.4, 0.5) is 14.5 Å². The molecule has 0 spiro atoms. The van der Waals surface area contributed by atoms with Crippen molar-refractivity contribution in [3.05, 3.63) is 64.7 Å². The summed E-state index contributed by atoms with van der Waals surface area (Å²) in [5, 5.41) is 6.27. The summed E-state index contributed by atoms with van der Waals surface area (Å²) in [6.07, 6.45) is 3.87. The fraction of sp³-hybridized carbons (Fsp3) is 0.485. The lowest BCUT2D eigenvalue weighted by Gasteiger charge is -2.20. The molecule has 0 fully saturated rings. The van der Waals surface area contributed by atoms with Crippen molar-refractivity contribution in [2.45, 2.75) is 72.0 Å². The molecule has 4 atom stereocenters. The number of para-hydroxylation sites is 1. The minimum atomic E-state index is -3.11. The van der Waals surface area contributed by atoms with E-state index in [1.165, 1.54) is 46.9 Å². The minimum Gasteiger partial charge on any atom is -0.496 e. The van der Waals surface area contributed by atoms with E-state index < -0.39 is 23.5 Å². The predicted molar refractivity (Wildman–Crippen MR) is 180 cm³/mol. The molecule has 1 heterocycles. The average Bonchev–Trinajstić information content (AvgIpc) is 3.32. The predicted octanol–water partition coefficient (Wildman–Crippen LogP) is 8.49. The fourth-order valence-corrected chi connectivity index (χ4v) is 6.02. The van der Waals surface area contributed by atoms with E-state index in [0.29, 0.717) is 21.5 Å². The quantitative estimate of drug-likeness (QED) is 0.135. The standard InChI is InChI=1S/C23H24F2N3O3PS.C10H22O/c1-12(23(24,25)32)11-13(2)26-21(29)15-7-5-6-8-16(15)28-22(30)19-18(31-4)10-9-17-20(19)33-14(3)27-17;1-5-6-9(2)7-10(3)8-11-4/h5-10,13H,1,11,32H2,2-4H3,(H,26,29)(H,28,30);9-10H,5-8H2,1-4H3. The van der Waals surface area contributed by atoms with Crippen LogP contribution in [-0.2, 0) is 4.74 Å². The lowest BCUT2D eigenvalue weighted by atomic mass is 9.94. The van der Waals surface area contributed by atoms with Gasteiger partial charge >= 0.3 is 0 Å². The summed E-state index contributed by atoms with van der Waals surface area (Å²) >= 11 is 1.37. The van der Waals surface area contributed by atoms with Crippen molar-refractivity contribution in [2.75, 3.05) is 26.1 Å². The highest BCUT2D eigenvalue weighted by Gasteiger charge is 2.28. The molecular weight excluding hydrogens is 603 g/mol. The molecule has 3 aromatic rings. The van der Waals surface area contributed by atoms with Crippen molar-refractivity contribution in [3.63, 3.8) is 0 Å². The first-order valence-electron chi connectivity index (χ1n) is 14.7. The van der Waals surface area contributed by atoms with Gasteiger partial charge in [-0.15, -0.1) is 11.3 Å². The number of thiazole rings is 1. The topological polar surface area (TPSA) is 89.6 Å². The highest BCUT2D eigenvalue weighted by atomic mass is 32.1. The number of nitrogens with one attached hydrogen (secondary N) is 2. The minimum absolute atomic E-state index is 0.0965. The van der Waals surface area contributed by atoms with E-state index in [0.717, 1.165) is 23.5 Å². The van der Waals surface area contributed by atoms with E-state index >= 15 is 0 Å². The number of carbonyl (C=O) groups is 2. The number of methoxy groups -OCH3 is 2. The Balaban J connectivity index is 0.000000523. The zero-order valence-electron chi connectivity index (χ0n) is 26.8. The Morgan fingerprint density at radius 2 is 1.77 bits per heavy atom. The smallest absolute Gasteiger partial charge is 0.279 e. The first-order valence-corrected chi connectivity index (χ1v) is 16.1. The Hall–Kier alpha value is -2.94. The summed E-state index contributed by atoms with van der Waals surface area (Å²) in [6, 6.07) is 9.34. The van der Waals surface area contributed by atoms with Crippen molar-refractivity contribution in [2.24, 2.45) is 11.8 Å². The summed E-state index contributed by atoms with van der Waals surface area (Å²) in [7, 11) is 4.69. The van der Waals surface area contributed by atoms with Gasteiger partial charge in [-0.25, -0.2) is 4.98 Å². The molecule has 0 bridgehead atoms. The SMILES string of the molecule is C=C(CC(C)NC(=O)c1ccccc1NC(=O)c1c(OC)ccc2nc(C)sc12)C(F)(F)P.CCCC(C)CC(C)COC. The van der Waals surface area contributed by atoms with E-state index in [4.69, 9.17) is 9.47 Å². The van der Waals surface area contributed by atoms with Gasteiger partial charge in [0.1, 0.15) is 11.3 Å². The third-order valence-corrected chi connectivity index (χ3v) is 8.34. The first-order chi connectivity index (χ1) is 20.7. The summed E-state index contributed by atoms with van der Waals surface area (Å²) in [5.41, 5.74) is -1.94. The van der Waals surface area contributed by atoms with Crippen molar-refractivity contribution < 1.29 is 27.8 Å². The third-order valence-electron chi connectivity index (χ3n) is 6.93. The molecule has 0 saturated heterocycles. The maximum absolute atomic E-state index is 13.4. The van der Waals surface area contributed by atoms with Gasteiger partial charge in [0, 0.05) is 19.8 Å².